The third kappa shape index (κ3) is 3.58. The fourth-order valence-electron chi connectivity index (χ4n) is 3.78. The minimum Gasteiger partial charge on any atom is -0.381 e. The van der Waals surface area contributed by atoms with Crippen LogP contribution in [0.3, 0.4) is 0 Å². The average molecular weight is 347 g/mol. The predicted octanol–water partition coefficient (Wildman–Crippen LogP) is 0.542. The summed E-state index contributed by atoms with van der Waals surface area (Å²) in [4.78, 5) is 9.23. The number of rotatable bonds is 5. The van der Waals surface area contributed by atoms with Crippen LogP contribution in [0.15, 0.2) is 16.9 Å². The van der Waals surface area contributed by atoms with Crippen LogP contribution in [0.1, 0.15) is 36.5 Å². The normalized spacial score (nSPS) is 25.9. The van der Waals surface area contributed by atoms with E-state index in [1.165, 1.54) is 0 Å². The van der Waals surface area contributed by atoms with Crippen LogP contribution in [0, 0.1) is 0 Å². The Kier molecular flexibility index (Phi) is 4.78. The summed E-state index contributed by atoms with van der Waals surface area (Å²) in [7, 11) is 4.21. The second-order valence-electron chi connectivity index (χ2n) is 7.11. The lowest BCUT2D eigenvalue weighted by atomic mass is 10.0. The minimum absolute atomic E-state index is 0.277. The molecular weight excluding hydrogens is 322 g/mol. The van der Waals surface area contributed by atoms with Crippen LogP contribution in [0.4, 0.5) is 0 Å². The van der Waals surface area contributed by atoms with E-state index in [4.69, 9.17) is 9.26 Å². The lowest BCUT2D eigenvalue weighted by molar-refractivity contribution is 0.0778. The highest BCUT2D eigenvalue weighted by Crippen LogP contribution is 2.27. The monoisotopic (exact) mass is 347 g/mol. The van der Waals surface area contributed by atoms with Crippen molar-refractivity contribution in [3.63, 3.8) is 0 Å². The highest BCUT2D eigenvalue weighted by molar-refractivity contribution is 4.98. The standard InChI is InChI=1S/C16H25N7O2/c1-21(2)13-9-22(10-14(13)23-6-5-17-20-23)11-15-18-16(25-19-15)12-3-7-24-8-4-12/h5-6,12-14H,3-4,7-11H2,1-2H3/t13-,14+/m1/s1. The van der Waals surface area contributed by atoms with Gasteiger partial charge in [0.25, 0.3) is 0 Å². The molecule has 2 aliphatic rings. The smallest absolute Gasteiger partial charge is 0.229 e. The van der Waals surface area contributed by atoms with Crippen LogP contribution in [-0.4, -0.2) is 81.4 Å². The van der Waals surface area contributed by atoms with E-state index >= 15 is 0 Å². The van der Waals surface area contributed by atoms with Gasteiger partial charge in [-0.15, -0.1) is 5.10 Å². The van der Waals surface area contributed by atoms with Gasteiger partial charge in [0, 0.05) is 44.5 Å². The first-order valence-electron chi connectivity index (χ1n) is 8.85. The largest absolute Gasteiger partial charge is 0.381 e. The number of likely N-dealkylation sites (tertiary alicyclic amines) is 1. The molecule has 4 rings (SSSR count). The quantitative estimate of drug-likeness (QED) is 0.775. The Bertz CT molecular complexity index is 666. The lowest BCUT2D eigenvalue weighted by Gasteiger charge is -2.24. The Morgan fingerprint density at radius 3 is 2.80 bits per heavy atom. The molecule has 0 amide bonds. The van der Waals surface area contributed by atoms with Crippen LogP contribution < -0.4 is 0 Å². The molecule has 2 atom stereocenters. The summed E-state index contributed by atoms with van der Waals surface area (Å²) in [6, 6.07) is 0.655. The summed E-state index contributed by atoms with van der Waals surface area (Å²) in [5, 5.41) is 12.3. The molecule has 0 bridgehead atoms. The summed E-state index contributed by atoms with van der Waals surface area (Å²) < 4.78 is 12.9. The first-order chi connectivity index (χ1) is 12.2. The van der Waals surface area contributed by atoms with Crippen molar-refractivity contribution >= 4 is 0 Å². The first kappa shape index (κ1) is 16.6. The number of likely N-dealkylation sites (N-methyl/N-ethyl adjacent to an activating group) is 1. The maximum Gasteiger partial charge on any atom is 0.229 e. The van der Waals surface area contributed by atoms with Gasteiger partial charge in [0.1, 0.15) is 0 Å². The molecule has 0 N–H and O–H groups in total. The second-order valence-corrected chi connectivity index (χ2v) is 7.11. The van der Waals surface area contributed by atoms with Crippen LogP contribution in [0.25, 0.3) is 0 Å². The van der Waals surface area contributed by atoms with E-state index in [1.54, 1.807) is 6.20 Å². The zero-order valence-corrected chi connectivity index (χ0v) is 14.8. The van der Waals surface area contributed by atoms with Crippen molar-refractivity contribution in [1.82, 2.24) is 34.9 Å². The Labute approximate surface area is 146 Å². The number of hydrogen-bond acceptors (Lipinski definition) is 8. The Morgan fingerprint density at radius 1 is 1.24 bits per heavy atom. The molecule has 136 valence electrons. The zero-order valence-electron chi connectivity index (χ0n) is 14.8. The molecule has 2 fully saturated rings. The molecule has 0 spiro atoms. The molecule has 9 heteroatoms. The van der Waals surface area contributed by atoms with Crippen LogP contribution in [0.5, 0.6) is 0 Å². The van der Waals surface area contributed by atoms with Gasteiger partial charge in [-0.3, -0.25) is 4.90 Å². The number of aromatic nitrogens is 5. The SMILES string of the molecule is CN(C)[C@@H]1CN(Cc2noc(C3CCOCC3)n2)C[C@@H]1n1ccnn1. The second kappa shape index (κ2) is 7.19. The van der Waals surface area contributed by atoms with Crippen LogP contribution in [-0.2, 0) is 11.3 Å². The molecule has 2 saturated heterocycles. The molecule has 2 aromatic rings. The third-order valence-corrected chi connectivity index (χ3v) is 5.20. The third-order valence-electron chi connectivity index (χ3n) is 5.20. The van der Waals surface area contributed by atoms with E-state index in [9.17, 15) is 0 Å². The average Bonchev–Trinajstić information content (AvgIpc) is 3.36. The molecular formula is C16H25N7O2. The highest BCUT2D eigenvalue weighted by Gasteiger charge is 2.36. The summed E-state index contributed by atoms with van der Waals surface area (Å²) in [6.07, 6.45) is 5.59. The minimum atomic E-state index is 0.277. The lowest BCUT2D eigenvalue weighted by Crippen LogP contribution is -2.36. The van der Waals surface area contributed by atoms with Gasteiger partial charge >= 0.3 is 0 Å². The molecule has 0 saturated carbocycles. The molecule has 2 aliphatic heterocycles. The van der Waals surface area contributed by atoms with Crippen molar-refractivity contribution in [3.8, 4) is 0 Å². The molecule has 25 heavy (non-hydrogen) atoms. The van der Waals surface area contributed by atoms with E-state index in [1.807, 2.05) is 10.9 Å². The van der Waals surface area contributed by atoms with Gasteiger partial charge in [0.15, 0.2) is 5.82 Å². The Morgan fingerprint density at radius 2 is 2.08 bits per heavy atom. The van der Waals surface area contributed by atoms with Gasteiger partial charge < -0.3 is 14.2 Å². The van der Waals surface area contributed by atoms with Gasteiger partial charge in [-0.05, 0) is 26.9 Å². The topological polar surface area (TPSA) is 85.3 Å². The molecule has 2 aromatic heterocycles. The van der Waals surface area contributed by atoms with E-state index in [2.05, 4.69) is 44.3 Å². The molecule has 9 nitrogen and oxygen atoms in total. The Hall–Kier alpha value is -1.84. The van der Waals surface area contributed by atoms with E-state index in [0.29, 0.717) is 18.5 Å². The first-order valence-corrected chi connectivity index (χ1v) is 8.85. The zero-order chi connectivity index (χ0) is 17.2. The van der Waals surface area contributed by atoms with Gasteiger partial charge in [-0.25, -0.2) is 4.68 Å². The fraction of sp³-hybridized carbons (Fsp3) is 0.750. The molecule has 0 aromatic carbocycles. The summed E-state index contributed by atoms with van der Waals surface area (Å²) in [5.74, 6) is 1.86. The van der Waals surface area contributed by atoms with E-state index in [0.717, 1.165) is 50.9 Å². The van der Waals surface area contributed by atoms with Crippen molar-refractivity contribution in [2.75, 3.05) is 40.4 Å². The fourth-order valence-corrected chi connectivity index (χ4v) is 3.78. The van der Waals surface area contributed by atoms with E-state index in [-0.39, 0.29) is 6.04 Å². The highest BCUT2D eigenvalue weighted by atomic mass is 16.5. The number of hydrogen-bond donors (Lipinski definition) is 0. The summed E-state index contributed by atoms with van der Waals surface area (Å²) in [5.41, 5.74) is 0. The number of nitrogens with zero attached hydrogens (tertiary/aromatic N) is 7. The molecule has 0 radical (unpaired) electrons. The van der Waals surface area contributed by atoms with Gasteiger partial charge in [0.05, 0.1) is 18.8 Å². The van der Waals surface area contributed by atoms with Crippen LogP contribution in [0.2, 0.25) is 0 Å². The van der Waals surface area contributed by atoms with Gasteiger partial charge in [0.2, 0.25) is 5.89 Å². The van der Waals surface area contributed by atoms with Crippen molar-refractivity contribution in [2.24, 2.45) is 0 Å². The van der Waals surface area contributed by atoms with Crippen molar-refractivity contribution in [1.29, 1.82) is 0 Å². The van der Waals surface area contributed by atoms with Gasteiger partial charge in [-0.1, -0.05) is 10.4 Å². The molecule has 0 unspecified atom stereocenters. The predicted molar refractivity (Wildman–Crippen MR) is 88.9 cm³/mol. The van der Waals surface area contributed by atoms with E-state index < -0.39 is 0 Å². The molecule has 0 aliphatic carbocycles. The Balaban J connectivity index is 1.42. The van der Waals surface area contributed by atoms with Crippen molar-refractivity contribution < 1.29 is 9.26 Å². The van der Waals surface area contributed by atoms with Crippen molar-refractivity contribution in [2.45, 2.75) is 37.4 Å². The van der Waals surface area contributed by atoms with Gasteiger partial charge in [-0.2, -0.15) is 4.98 Å². The maximum atomic E-state index is 5.51. The maximum absolute atomic E-state index is 5.51. The van der Waals surface area contributed by atoms with Crippen molar-refractivity contribution in [3.05, 3.63) is 24.1 Å². The summed E-state index contributed by atoms with van der Waals surface area (Å²) in [6.45, 7) is 4.09. The van der Waals surface area contributed by atoms with Crippen LogP contribution >= 0.6 is 0 Å². The molecule has 4 heterocycles. The number of ether oxygens (including phenoxy) is 1. The summed E-state index contributed by atoms with van der Waals surface area (Å²) >= 11 is 0.